The van der Waals surface area contributed by atoms with Crippen molar-refractivity contribution in [2.75, 3.05) is 19.6 Å². The predicted molar refractivity (Wildman–Crippen MR) is 75.0 cm³/mol. The molecule has 2 atom stereocenters. The zero-order valence-corrected chi connectivity index (χ0v) is 11.9. The summed E-state index contributed by atoms with van der Waals surface area (Å²) in [5.74, 6) is 1.21. The molecule has 0 bridgehead atoms. The summed E-state index contributed by atoms with van der Waals surface area (Å²) in [6, 6.07) is 0. The number of fused-ring (bicyclic) bond motifs is 1. The molecule has 0 aromatic rings. The molecule has 108 valence electrons. The molecule has 19 heavy (non-hydrogen) atoms. The summed E-state index contributed by atoms with van der Waals surface area (Å²) in [4.78, 5) is 14.3. The molecule has 2 aliphatic carbocycles. The number of likely N-dealkylation sites (tertiary alicyclic amines) is 1. The van der Waals surface area contributed by atoms with Gasteiger partial charge in [-0.1, -0.05) is 32.1 Å². The van der Waals surface area contributed by atoms with Gasteiger partial charge in [0.05, 0.1) is 5.41 Å². The van der Waals surface area contributed by atoms with E-state index in [1.54, 1.807) is 0 Å². The van der Waals surface area contributed by atoms with Crippen LogP contribution in [0.25, 0.3) is 0 Å². The number of hydrogen-bond donors (Lipinski definition) is 1. The molecule has 3 nitrogen and oxygen atoms in total. The average molecular weight is 265 g/mol. The number of carboxylic acids is 1. The summed E-state index contributed by atoms with van der Waals surface area (Å²) in [5, 5.41) is 9.75. The van der Waals surface area contributed by atoms with Gasteiger partial charge in [0, 0.05) is 19.6 Å². The Hall–Kier alpha value is -0.570. The van der Waals surface area contributed by atoms with E-state index < -0.39 is 11.4 Å². The fourth-order valence-corrected chi connectivity index (χ4v) is 4.73. The largest absolute Gasteiger partial charge is 0.481 e. The summed E-state index contributed by atoms with van der Waals surface area (Å²) in [6.45, 7) is 3.15. The van der Waals surface area contributed by atoms with Crippen LogP contribution in [0.5, 0.6) is 0 Å². The van der Waals surface area contributed by atoms with Gasteiger partial charge in [-0.05, 0) is 37.5 Å². The normalized spacial score (nSPS) is 34.9. The molecule has 2 unspecified atom stereocenters. The molecule has 1 heterocycles. The minimum absolute atomic E-state index is 0.435. The molecule has 1 saturated heterocycles. The smallest absolute Gasteiger partial charge is 0.310 e. The second kappa shape index (κ2) is 5.43. The highest BCUT2D eigenvalue weighted by Crippen LogP contribution is 2.41. The zero-order valence-electron chi connectivity index (χ0n) is 11.9. The fraction of sp³-hybridized carbons (Fsp3) is 0.938. The molecule has 0 aromatic carbocycles. The first kappa shape index (κ1) is 13.4. The first-order valence-corrected chi connectivity index (χ1v) is 8.15. The molecule has 1 aliphatic heterocycles. The maximum atomic E-state index is 11.8. The summed E-state index contributed by atoms with van der Waals surface area (Å²) in [5.41, 5.74) is -0.435. The number of rotatable bonds is 3. The first-order chi connectivity index (χ1) is 9.20. The zero-order chi connectivity index (χ0) is 13.3. The van der Waals surface area contributed by atoms with Gasteiger partial charge in [0.1, 0.15) is 0 Å². The van der Waals surface area contributed by atoms with Crippen LogP contribution >= 0.6 is 0 Å². The van der Waals surface area contributed by atoms with Crippen molar-refractivity contribution in [3.8, 4) is 0 Å². The molecule has 3 rings (SSSR count). The van der Waals surface area contributed by atoms with E-state index in [1.165, 1.54) is 45.2 Å². The van der Waals surface area contributed by atoms with Crippen molar-refractivity contribution in [2.24, 2.45) is 17.3 Å². The van der Waals surface area contributed by atoms with E-state index in [9.17, 15) is 9.90 Å². The molecule has 0 amide bonds. The highest BCUT2D eigenvalue weighted by Gasteiger charge is 2.44. The number of nitrogens with zero attached hydrogens (tertiary/aromatic N) is 1. The average Bonchev–Trinajstić information content (AvgIpc) is 2.84. The lowest BCUT2D eigenvalue weighted by Gasteiger charge is -2.33. The SMILES string of the molecule is O=C(O)C1(CN2CC3CCCC3C2)CCCCCC1. The highest BCUT2D eigenvalue weighted by molar-refractivity contribution is 5.75. The minimum Gasteiger partial charge on any atom is -0.481 e. The van der Waals surface area contributed by atoms with E-state index in [4.69, 9.17) is 0 Å². The van der Waals surface area contributed by atoms with Crippen LogP contribution in [0, 0.1) is 17.3 Å². The van der Waals surface area contributed by atoms with Crippen LogP contribution in [0.1, 0.15) is 57.8 Å². The molecule has 2 saturated carbocycles. The van der Waals surface area contributed by atoms with Crippen molar-refractivity contribution in [3.05, 3.63) is 0 Å². The topological polar surface area (TPSA) is 40.5 Å². The van der Waals surface area contributed by atoms with Gasteiger partial charge in [-0.2, -0.15) is 0 Å². The molecule has 1 N–H and O–H groups in total. The molecule has 0 spiro atoms. The number of carboxylic acid groups (broad SMARTS) is 1. The van der Waals surface area contributed by atoms with E-state index in [0.717, 1.165) is 44.1 Å². The molecule has 3 aliphatic rings. The summed E-state index contributed by atoms with van der Waals surface area (Å²) in [6.07, 6.45) is 10.6. The number of hydrogen-bond acceptors (Lipinski definition) is 2. The Morgan fingerprint density at radius 1 is 1.00 bits per heavy atom. The predicted octanol–water partition coefficient (Wildman–Crippen LogP) is 3.14. The monoisotopic (exact) mass is 265 g/mol. The van der Waals surface area contributed by atoms with Crippen LogP contribution < -0.4 is 0 Å². The molecule has 3 heteroatoms. The second-order valence-electron chi connectivity index (χ2n) is 7.14. The standard InChI is InChI=1S/C16H27NO2/c18-15(19)16(8-3-1-2-4-9-16)12-17-10-13-6-5-7-14(13)11-17/h13-14H,1-12H2,(H,18,19). The van der Waals surface area contributed by atoms with Gasteiger partial charge >= 0.3 is 5.97 Å². The van der Waals surface area contributed by atoms with Crippen LogP contribution in [-0.2, 0) is 4.79 Å². The van der Waals surface area contributed by atoms with E-state index in [2.05, 4.69) is 4.90 Å². The van der Waals surface area contributed by atoms with Crippen LogP contribution in [0.3, 0.4) is 0 Å². The van der Waals surface area contributed by atoms with Crippen molar-refractivity contribution >= 4 is 5.97 Å². The molecular formula is C16H27NO2. The van der Waals surface area contributed by atoms with Crippen LogP contribution in [0.2, 0.25) is 0 Å². The Kier molecular flexibility index (Phi) is 3.84. The maximum Gasteiger partial charge on any atom is 0.310 e. The van der Waals surface area contributed by atoms with Gasteiger partial charge in [0.15, 0.2) is 0 Å². The lowest BCUT2D eigenvalue weighted by Crippen LogP contribution is -2.42. The third-order valence-electron chi connectivity index (χ3n) is 5.84. The van der Waals surface area contributed by atoms with Gasteiger partial charge < -0.3 is 10.0 Å². The fourth-order valence-electron chi connectivity index (χ4n) is 4.73. The lowest BCUT2D eigenvalue weighted by molar-refractivity contribution is -0.151. The van der Waals surface area contributed by atoms with E-state index in [-0.39, 0.29) is 0 Å². The molecule has 3 fully saturated rings. The summed E-state index contributed by atoms with van der Waals surface area (Å²) >= 11 is 0. The van der Waals surface area contributed by atoms with Gasteiger partial charge in [-0.25, -0.2) is 0 Å². The van der Waals surface area contributed by atoms with Crippen molar-refractivity contribution in [1.29, 1.82) is 0 Å². The van der Waals surface area contributed by atoms with E-state index in [1.807, 2.05) is 0 Å². The Morgan fingerprint density at radius 2 is 1.58 bits per heavy atom. The Labute approximate surface area is 116 Å². The maximum absolute atomic E-state index is 11.8. The van der Waals surface area contributed by atoms with Gasteiger partial charge in [-0.3, -0.25) is 4.79 Å². The van der Waals surface area contributed by atoms with Gasteiger partial charge in [-0.15, -0.1) is 0 Å². The van der Waals surface area contributed by atoms with Crippen molar-refractivity contribution in [3.63, 3.8) is 0 Å². The van der Waals surface area contributed by atoms with Crippen LogP contribution in [0.15, 0.2) is 0 Å². The minimum atomic E-state index is -0.536. The van der Waals surface area contributed by atoms with E-state index in [0.29, 0.717) is 0 Å². The van der Waals surface area contributed by atoms with E-state index >= 15 is 0 Å². The summed E-state index contributed by atoms with van der Waals surface area (Å²) in [7, 11) is 0. The van der Waals surface area contributed by atoms with Crippen LogP contribution in [0.4, 0.5) is 0 Å². The number of carbonyl (C=O) groups is 1. The third kappa shape index (κ3) is 2.67. The van der Waals surface area contributed by atoms with Gasteiger partial charge in [0.25, 0.3) is 0 Å². The molecule has 0 radical (unpaired) electrons. The van der Waals surface area contributed by atoms with Crippen molar-refractivity contribution in [2.45, 2.75) is 57.8 Å². The van der Waals surface area contributed by atoms with Crippen molar-refractivity contribution < 1.29 is 9.90 Å². The summed E-state index contributed by atoms with van der Waals surface area (Å²) < 4.78 is 0. The number of aliphatic carboxylic acids is 1. The first-order valence-electron chi connectivity index (χ1n) is 8.15. The van der Waals surface area contributed by atoms with Crippen LogP contribution in [-0.4, -0.2) is 35.6 Å². The van der Waals surface area contributed by atoms with Crippen molar-refractivity contribution in [1.82, 2.24) is 4.90 Å². The lowest BCUT2D eigenvalue weighted by atomic mass is 9.80. The Morgan fingerprint density at radius 3 is 2.11 bits per heavy atom. The molecule has 0 aromatic heterocycles. The quantitative estimate of drug-likeness (QED) is 0.797. The second-order valence-corrected chi connectivity index (χ2v) is 7.14. The highest BCUT2D eigenvalue weighted by atomic mass is 16.4. The Bertz CT molecular complexity index is 322. The Balaban J connectivity index is 1.66. The van der Waals surface area contributed by atoms with Gasteiger partial charge in [0.2, 0.25) is 0 Å². The third-order valence-corrected chi connectivity index (χ3v) is 5.84. The molecular weight excluding hydrogens is 238 g/mol.